The summed E-state index contributed by atoms with van der Waals surface area (Å²) in [4.78, 5) is 12.0. The highest BCUT2D eigenvalue weighted by Gasteiger charge is 2.14. The van der Waals surface area contributed by atoms with Crippen LogP contribution >= 0.6 is 0 Å². The summed E-state index contributed by atoms with van der Waals surface area (Å²) >= 11 is 0. The summed E-state index contributed by atoms with van der Waals surface area (Å²) < 4.78 is 13.5. The zero-order valence-corrected chi connectivity index (χ0v) is 8.76. The molecule has 0 bridgehead atoms. The molecule has 2 rings (SSSR count). The number of nitrogens with zero attached hydrogens (tertiary/aromatic N) is 1. The Morgan fingerprint density at radius 3 is 2.76 bits per heavy atom. The molecule has 0 saturated heterocycles. The summed E-state index contributed by atoms with van der Waals surface area (Å²) in [6.45, 7) is 0. The zero-order valence-electron chi connectivity index (χ0n) is 8.76. The van der Waals surface area contributed by atoms with Crippen LogP contribution in [-0.4, -0.2) is 5.78 Å². The van der Waals surface area contributed by atoms with Crippen LogP contribution in [0.5, 0.6) is 0 Å². The van der Waals surface area contributed by atoms with Crippen LogP contribution in [0.3, 0.4) is 0 Å². The van der Waals surface area contributed by atoms with E-state index < -0.39 is 11.6 Å². The van der Waals surface area contributed by atoms with Crippen molar-refractivity contribution >= 4 is 11.5 Å². The molecule has 0 atom stereocenters. The van der Waals surface area contributed by atoms with E-state index in [2.05, 4.69) is 0 Å². The SMILES string of the molecule is Nc1c[n+]([O-])ccc1C(=O)c1cccc(F)c1. The topological polar surface area (TPSA) is 70.0 Å². The number of carbonyl (C=O) groups excluding carboxylic acids is 1. The lowest BCUT2D eigenvalue weighted by Gasteiger charge is -2.04. The number of carbonyl (C=O) groups is 1. The predicted octanol–water partition coefficient (Wildman–Crippen LogP) is 1.27. The molecule has 0 aliphatic rings. The van der Waals surface area contributed by atoms with Crippen molar-refractivity contribution in [3.8, 4) is 0 Å². The van der Waals surface area contributed by atoms with E-state index in [1.807, 2.05) is 0 Å². The van der Waals surface area contributed by atoms with Gasteiger partial charge >= 0.3 is 0 Å². The molecule has 0 fully saturated rings. The number of hydrogen-bond donors (Lipinski definition) is 1. The molecule has 0 radical (unpaired) electrons. The number of pyridine rings is 1. The summed E-state index contributed by atoms with van der Waals surface area (Å²) in [6, 6.07) is 6.62. The predicted molar refractivity (Wildman–Crippen MR) is 59.6 cm³/mol. The normalized spacial score (nSPS) is 10.2. The fraction of sp³-hybridized carbons (Fsp3) is 0. The van der Waals surface area contributed by atoms with Gasteiger partial charge < -0.3 is 10.9 Å². The molecule has 0 unspecified atom stereocenters. The van der Waals surface area contributed by atoms with Gasteiger partial charge in [-0.15, -0.1) is 0 Å². The van der Waals surface area contributed by atoms with Crippen molar-refractivity contribution in [3.63, 3.8) is 0 Å². The Kier molecular flexibility index (Phi) is 2.74. The van der Waals surface area contributed by atoms with Crippen molar-refractivity contribution in [2.45, 2.75) is 0 Å². The zero-order chi connectivity index (χ0) is 12.4. The molecule has 2 N–H and O–H groups in total. The number of nitrogens with two attached hydrogens (primary N) is 1. The summed E-state index contributed by atoms with van der Waals surface area (Å²) in [6.07, 6.45) is 2.26. The number of anilines is 1. The van der Waals surface area contributed by atoms with Gasteiger partial charge in [0.15, 0.2) is 12.0 Å². The van der Waals surface area contributed by atoms with E-state index in [9.17, 15) is 14.4 Å². The Morgan fingerprint density at radius 2 is 2.12 bits per heavy atom. The smallest absolute Gasteiger partial charge is 0.204 e. The van der Waals surface area contributed by atoms with Gasteiger partial charge in [0.1, 0.15) is 11.5 Å². The summed E-state index contributed by atoms with van der Waals surface area (Å²) in [5.41, 5.74) is 6.01. The van der Waals surface area contributed by atoms with E-state index in [0.717, 1.165) is 12.3 Å². The number of rotatable bonds is 2. The molecule has 0 spiro atoms. The van der Waals surface area contributed by atoms with Crippen LogP contribution in [-0.2, 0) is 0 Å². The van der Waals surface area contributed by atoms with Gasteiger partial charge in [-0.05, 0) is 12.1 Å². The summed E-state index contributed by atoms with van der Waals surface area (Å²) in [5, 5.41) is 10.9. The van der Waals surface area contributed by atoms with Gasteiger partial charge in [-0.25, -0.2) is 4.39 Å². The molecule has 2 aromatic rings. The minimum atomic E-state index is -0.496. The third-order valence-electron chi connectivity index (χ3n) is 2.30. The number of nitrogen functional groups attached to an aromatic ring is 1. The molecule has 0 aliphatic heterocycles. The number of halogens is 1. The highest BCUT2D eigenvalue weighted by Crippen LogP contribution is 2.15. The van der Waals surface area contributed by atoms with E-state index >= 15 is 0 Å². The molecule has 0 aliphatic carbocycles. The van der Waals surface area contributed by atoms with E-state index in [1.165, 1.54) is 30.5 Å². The molecule has 0 saturated carbocycles. The highest BCUT2D eigenvalue weighted by molar-refractivity contribution is 6.11. The van der Waals surface area contributed by atoms with Gasteiger partial charge in [-0.2, -0.15) is 4.73 Å². The lowest BCUT2D eigenvalue weighted by atomic mass is 10.0. The van der Waals surface area contributed by atoms with Gasteiger partial charge in [0.25, 0.3) is 0 Å². The van der Waals surface area contributed by atoms with Crippen molar-refractivity contribution in [2.75, 3.05) is 5.73 Å². The Bertz CT molecular complexity index is 584. The first-order valence-corrected chi connectivity index (χ1v) is 4.86. The molecule has 0 amide bonds. The van der Waals surface area contributed by atoms with Crippen molar-refractivity contribution in [3.05, 3.63) is 64.9 Å². The van der Waals surface area contributed by atoms with Crippen LogP contribution in [0.1, 0.15) is 15.9 Å². The first-order chi connectivity index (χ1) is 8.08. The first kappa shape index (κ1) is 11.1. The van der Waals surface area contributed by atoms with E-state index in [-0.39, 0.29) is 16.8 Å². The van der Waals surface area contributed by atoms with Gasteiger partial charge in [0, 0.05) is 11.6 Å². The van der Waals surface area contributed by atoms with Gasteiger partial charge in [0.2, 0.25) is 6.20 Å². The highest BCUT2D eigenvalue weighted by atomic mass is 19.1. The summed E-state index contributed by atoms with van der Waals surface area (Å²) in [5.74, 6) is -0.910. The second-order valence-electron chi connectivity index (χ2n) is 3.51. The fourth-order valence-electron chi connectivity index (χ4n) is 1.49. The van der Waals surface area contributed by atoms with E-state index in [4.69, 9.17) is 5.73 Å². The average molecular weight is 232 g/mol. The number of benzene rings is 1. The van der Waals surface area contributed by atoms with Crippen molar-refractivity contribution in [1.29, 1.82) is 0 Å². The quantitative estimate of drug-likeness (QED) is 0.481. The second kappa shape index (κ2) is 4.21. The number of hydrogen-bond acceptors (Lipinski definition) is 3. The third-order valence-corrected chi connectivity index (χ3v) is 2.30. The maximum Gasteiger partial charge on any atom is 0.204 e. The van der Waals surface area contributed by atoms with E-state index in [0.29, 0.717) is 4.73 Å². The van der Waals surface area contributed by atoms with Crippen LogP contribution in [0.25, 0.3) is 0 Å². The largest absolute Gasteiger partial charge is 0.619 e. The Balaban J connectivity index is 2.44. The Labute approximate surface area is 96.7 Å². The average Bonchev–Trinajstić information content (AvgIpc) is 2.28. The van der Waals surface area contributed by atoms with Crippen LogP contribution in [0.15, 0.2) is 42.7 Å². The Morgan fingerprint density at radius 1 is 1.35 bits per heavy atom. The molecule has 17 heavy (non-hydrogen) atoms. The lowest BCUT2D eigenvalue weighted by Crippen LogP contribution is -2.26. The standard InChI is InChI=1S/C12H9FN2O2/c13-9-3-1-2-8(6-9)12(16)10-4-5-15(17)7-11(10)14/h1-7H,14H2. The molecule has 1 heterocycles. The van der Waals surface area contributed by atoms with Crippen LogP contribution < -0.4 is 10.5 Å². The minimum Gasteiger partial charge on any atom is -0.619 e. The molecule has 1 aromatic heterocycles. The molecular weight excluding hydrogens is 223 g/mol. The van der Waals surface area contributed by atoms with Crippen molar-refractivity contribution in [2.24, 2.45) is 0 Å². The number of ketones is 1. The maximum absolute atomic E-state index is 13.0. The third kappa shape index (κ3) is 2.23. The van der Waals surface area contributed by atoms with Gasteiger partial charge in [-0.1, -0.05) is 12.1 Å². The molecule has 1 aromatic carbocycles. The van der Waals surface area contributed by atoms with Crippen LogP contribution in [0, 0.1) is 11.0 Å². The fourth-order valence-corrected chi connectivity index (χ4v) is 1.49. The van der Waals surface area contributed by atoms with Crippen LogP contribution in [0.2, 0.25) is 0 Å². The van der Waals surface area contributed by atoms with Gasteiger partial charge in [-0.3, -0.25) is 4.79 Å². The molecular formula is C12H9FN2O2. The molecule has 86 valence electrons. The van der Waals surface area contributed by atoms with Gasteiger partial charge in [0.05, 0.1) is 5.56 Å². The minimum absolute atomic E-state index is 0.0664. The summed E-state index contributed by atoms with van der Waals surface area (Å²) in [7, 11) is 0. The first-order valence-electron chi connectivity index (χ1n) is 4.86. The molecule has 5 heteroatoms. The Hall–Kier alpha value is -2.43. The maximum atomic E-state index is 13.0. The van der Waals surface area contributed by atoms with Crippen molar-refractivity contribution < 1.29 is 13.9 Å². The van der Waals surface area contributed by atoms with Crippen LogP contribution in [0.4, 0.5) is 10.1 Å². The second-order valence-corrected chi connectivity index (χ2v) is 3.51. The molecule has 4 nitrogen and oxygen atoms in total. The van der Waals surface area contributed by atoms with Crippen molar-refractivity contribution in [1.82, 2.24) is 0 Å². The number of aromatic nitrogens is 1. The monoisotopic (exact) mass is 232 g/mol. The lowest BCUT2D eigenvalue weighted by molar-refractivity contribution is -0.604. The van der Waals surface area contributed by atoms with E-state index in [1.54, 1.807) is 0 Å².